The first-order valence-electron chi connectivity index (χ1n) is 11.1. The van der Waals surface area contributed by atoms with Gasteiger partial charge in [0.05, 0.1) is 25.4 Å². The van der Waals surface area contributed by atoms with Gasteiger partial charge in [-0.1, -0.05) is 12.1 Å². The highest BCUT2D eigenvalue weighted by Gasteiger charge is 2.22. The van der Waals surface area contributed by atoms with E-state index in [0.29, 0.717) is 30.8 Å². The van der Waals surface area contributed by atoms with Gasteiger partial charge < -0.3 is 25.2 Å². The third kappa shape index (κ3) is 8.09. The Hall–Kier alpha value is -2.80. The van der Waals surface area contributed by atoms with Crippen molar-refractivity contribution in [1.29, 1.82) is 0 Å². The zero-order chi connectivity index (χ0) is 22.1. The van der Waals surface area contributed by atoms with E-state index in [1.165, 1.54) is 12.8 Å². The maximum atomic E-state index is 10.6. The van der Waals surface area contributed by atoms with Gasteiger partial charge in [-0.15, -0.1) is 0 Å². The number of pyridine rings is 1. The number of aliphatic hydroxyl groups is 1. The van der Waals surface area contributed by atoms with Gasteiger partial charge >= 0.3 is 0 Å². The first-order chi connectivity index (χ1) is 15.0. The summed E-state index contributed by atoms with van der Waals surface area (Å²) in [5.74, 6) is 2.74. The summed E-state index contributed by atoms with van der Waals surface area (Å²) in [6, 6.07) is 11.4. The smallest absolute Gasteiger partial charge is 0.213 e. The molecule has 1 aromatic heterocycles. The highest BCUT2D eigenvalue weighted by Crippen LogP contribution is 2.29. The second-order valence-corrected chi connectivity index (χ2v) is 8.09. The monoisotopic (exact) mass is 426 g/mol. The SMILES string of the molecule is CCNC(=NCc1ccnc(OCC2CC2)c1)NCC(O)c1cccc(OC(C)C)c1. The fraction of sp³-hybridized carbons (Fsp3) is 0.500. The molecule has 1 aliphatic carbocycles. The molecular weight excluding hydrogens is 392 g/mol. The van der Waals surface area contributed by atoms with E-state index in [1.807, 2.05) is 57.2 Å². The van der Waals surface area contributed by atoms with E-state index in [-0.39, 0.29) is 6.10 Å². The zero-order valence-electron chi connectivity index (χ0n) is 18.7. The Balaban J connectivity index is 1.55. The van der Waals surface area contributed by atoms with E-state index < -0.39 is 6.10 Å². The summed E-state index contributed by atoms with van der Waals surface area (Å²) < 4.78 is 11.5. The molecule has 1 aromatic carbocycles. The number of hydrogen-bond donors (Lipinski definition) is 3. The summed E-state index contributed by atoms with van der Waals surface area (Å²) in [4.78, 5) is 8.91. The van der Waals surface area contributed by atoms with Crippen LogP contribution < -0.4 is 20.1 Å². The number of benzene rings is 1. The Morgan fingerprint density at radius 1 is 1.23 bits per heavy atom. The third-order valence-electron chi connectivity index (χ3n) is 4.80. The normalized spacial score (nSPS) is 14.9. The minimum atomic E-state index is -0.678. The second kappa shape index (κ2) is 11.6. The van der Waals surface area contributed by atoms with Gasteiger partial charge in [0.2, 0.25) is 5.88 Å². The van der Waals surface area contributed by atoms with Crippen LogP contribution in [0.15, 0.2) is 47.6 Å². The summed E-state index contributed by atoms with van der Waals surface area (Å²) in [5, 5.41) is 17.0. The van der Waals surface area contributed by atoms with Crippen LogP contribution in [0.1, 0.15) is 50.8 Å². The van der Waals surface area contributed by atoms with Gasteiger partial charge in [-0.05, 0) is 68.9 Å². The molecule has 0 amide bonds. The summed E-state index contributed by atoms with van der Waals surface area (Å²) in [6.07, 6.45) is 3.67. The third-order valence-corrected chi connectivity index (χ3v) is 4.80. The standard InChI is InChI=1S/C24H34N4O3/c1-4-25-24(27-14-19-10-11-26-23(12-19)30-16-18-8-9-18)28-15-22(29)20-6-5-7-21(13-20)31-17(2)3/h5-7,10-13,17-18,22,29H,4,8-9,14-16H2,1-3H3,(H2,25,27,28). The Morgan fingerprint density at radius 3 is 2.81 bits per heavy atom. The van der Waals surface area contributed by atoms with Crippen LogP contribution in [0.2, 0.25) is 0 Å². The molecule has 3 rings (SSSR count). The molecule has 7 nitrogen and oxygen atoms in total. The lowest BCUT2D eigenvalue weighted by molar-refractivity contribution is 0.179. The minimum Gasteiger partial charge on any atom is -0.491 e. The summed E-state index contributed by atoms with van der Waals surface area (Å²) >= 11 is 0. The number of aliphatic imine (C=N–C) groups is 1. The molecule has 0 bridgehead atoms. The molecule has 7 heteroatoms. The predicted octanol–water partition coefficient (Wildman–Crippen LogP) is 3.45. The van der Waals surface area contributed by atoms with Crippen molar-refractivity contribution < 1.29 is 14.6 Å². The molecule has 1 fully saturated rings. The quantitative estimate of drug-likeness (QED) is 0.377. The number of guanidine groups is 1. The molecule has 168 valence electrons. The first-order valence-corrected chi connectivity index (χ1v) is 11.1. The van der Waals surface area contributed by atoms with E-state index in [1.54, 1.807) is 6.20 Å². The number of rotatable bonds is 11. The van der Waals surface area contributed by atoms with E-state index >= 15 is 0 Å². The molecule has 31 heavy (non-hydrogen) atoms. The molecule has 0 radical (unpaired) electrons. The van der Waals surface area contributed by atoms with Crippen molar-refractivity contribution in [3.8, 4) is 11.6 Å². The van der Waals surface area contributed by atoms with Crippen LogP contribution in [-0.4, -0.2) is 41.9 Å². The minimum absolute atomic E-state index is 0.0887. The Labute approximate surface area is 184 Å². The van der Waals surface area contributed by atoms with Crippen LogP contribution in [0.5, 0.6) is 11.6 Å². The fourth-order valence-electron chi connectivity index (χ4n) is 3.01. The Bertz CT molecular complexity index is 852. The second-order valence-electron chi connectivity index (χ2n) is 8.09. The molecular formula is C24H34N4O3. The van der Waals surface area contributed by atoms with Gasteiger partial charge in [-0.2, -0.15) is 0 Å². The number of nitrogens with zero attached hydrogens (tertiary/aromatic N) is 2. The first kappa shape index (κ1) is 22.9. The molecule has 2 aromatic rings. The molecule has 0 aliphatic heterocycles. The maximum Gasteiger partial charge on any atom is 0.213 e. The van der Waals surface area contributed by atoms with Crippen LogP contribution in [0.25, 0.3) is 0 Å². The topological polar surface area (TPSA) is 88.0 Å². The predicted molar refractivity (Wildman–Crippen MR) is 122 cm³/mol. The molecule has 3 N–H and O–H groups in total. The largest absolute Gasteiger partial charge is 0.491 e. The number of nitrogens with one attached hydrogen (secondary N) is 2. The van der Waals surface area contributed by atoms with Crippen LogP contribution in [-0.2, 0) is 6.54 Å². The lowest BCUT2D eigenvalue weighted by Gasteiger charge is -2.17. The molecule has 1 unspecified atom stereocenters. The molecule has 1 atom stereocenters. The summed E-state index contributed by atoms with van der Waals surface area (Å²) in [6.45, 7) is 8.27. The summed E-state index contributed by atoms with van der Waals surface area (Å²) in [7, 11) is 0. The maximum absolute atomic E-state index is 10.6. The van der Waals surface area contributed by atoms with Gasteiger partial charge in [0, 0.05) is 25.4 Å². The van der Waals surface area contributed by atoms with Crippen LogP contribution in [0.4, 0.5) is 0 Å². The van der Waals surface area contributed by atoms with Crippen molar-refractivity contribution >= 4 is 5.96 Å². The van der Waals surface area contributed by atoms with Gasteiger partial charge in [-0.25, -0.2) is 9.98 Å². The number of hydrogen-bond acceptors (Lipinski definition) is 5. The molecule has 0 saturated heterocycles. The number of ether oxygens (including phenoxy) is 2. The van der Waals surface area contributed by atoms with Crippen molar-refractivity contribution in [2.75, 3.05) is 19.7 Å². The molecule has 1 saturated carbocycles. The van der Waals surface area contributed by atoms with Crippen molar-refractivity contribution in [2.24, 2.45) is 10.9 Å². The van der Waals surface area contributed by atoms with E-state index in [9.17, 15) is 5.11 Å². The van der Waals surface area contributed by atoms with Crippen LogP contribution in [0.3, 0.4) is 0 Å². The van der Waals surface area contributed by atoms with Crippen LogP contribution >= 0.6 is 0 Å². The van der Waals surface area contributed by atoms with Crippen molar-refractivity contribution in [3.05, 3.63) is 53.7 Å². The van der Waals surface area contributed by atoms with Crippen LogP contribution in [0, 0.1) is 5.92 Å². The highest BCUT2D eigenvalue weighted by molar-refractivity contribution is 5.79. The fourth-order valence-corrected chi connectivity index (χ4v) is 3.01. The number of aromatic nitrogens is 1. The highest BCUT2D eigenvalue weighted by atomic mass is 16.5. The lowest BCUT2D eigenvalue weighted by Crippen LogP contribution is -2.39. The van der Waals surface area contributed by atoms with Gasteiger partial charge in [0.1, 0.15) is 5.75 Å². The van der Waals surface area contributed by atoms with E-state index in [2.05, 4.69) is 20.6 Å². The van der Waals surface area contributed by atoms with Crippen molar-refractivity contribution in [1.82, 2.24) is 15.6 Å². The zero-order valence-corrected chi connectivity index (χ0v) is 18.7. The van der Waals surface area contributed by atoms with Gasteiger partial charge in [0.15, 0.2) is 5.96 Å². The molecule has 1 aliphatic rings. The van der Waals surface area contributed by atoms with Crippen molar-refractivity contribution in [2.45, 2.75) is 52.4 Å². The average Bonchev–Trinajstić information content (AvgIpc) is 3.58. The lowest BCUT2D eigenvalue weighted by atomic mass is 10.1. The van der Waals surface area contributed by atoms with Gasteiger partial charge in [-0.3, -0.25) is 0 Å². The molecule has 0 spiro atoms. The molecule has 1 heterocycles. The van der Waals surface area contributed by atoms with Crippen molar-refractivity contribution in [3.63, 3.8) is 0 Å². The average molecular weight is 427 g/mol. The van der Waals surface area contributed by atoms with E-state index in [0.717, 1.165) is 30.0 Å². The van der Waals surface area contributed by atoms with Gasteiger partial charge in [0.25, 0.3) is 0 Å². The number of aliphatic hydroxyl groups excluding tert-OH is 1. The summed E-state index contributed by atoms with van der Waals surface area (Å²) in [5.41, 5.74) is 1.82. The van der Waals surface area contributed by atoms with E-state index in [4.69, 9.17) is 9.47 Å². The Morgan fingerprint density at radius 2 is 2.06 bits per heavy atom. The Kier molecular flexibility index (Phi) is 8.53.